The van der Waals surface area contributed by atoms with E-state index >= 15 is 0 Å². The largest absolute Gasteiger partial charge is 0.497 e. The molecule has 0 amide bonds. The van der Waals surface area contributed by atoms with E-state index < -0.39 is 0 Å². The van der Waals surface area contributed by atoms with E-state index in [4.69, 9.17) is 4.74 Å². The zero-order valence-electron chi connectivity index (χ0n) is 15.1. The first kappa shape index (κ1) is 17.0. The minimum absolute atomic E-state index is 0.127. The van der Waals surface area contributed by atoms with Crippen LogP contribution in [0.5, 0.6) is 5.75 Å². The summed E-state index contributed by atoms with van der Waals surface area (Å²) in [7, 11) is 1.64. The monoisotopic (exact) mass is 359 g/mol. The number of rotatable bonds is 6. The molecule has 5 nitrogen and oxygen atoms in total. The summed E-state index contributed by atoms with van der Waals surface area (Å²) in [5.74, 6) is 0.788. The van der Waals surface area contributed by atoms with Gasteiger partial charge in [0.15, 0.2) is 0 Å². The van der Waals surface area contributed by atoms with Gasteiger partial charge in [-0.15, -0.1) is 0 Å². The van der Waals surface area contributed by atoms with Crippen LogP contribution < -0.4 is 15.6 Å². The van der Waals surface area contributed by atoms with Gasteiger partial charge in [-0.2, -0.15) is 0 Å². The third kappa shape index (κ3) is 3.58. The molecule has 136 valence electrons. The van der Waals surface area contributed by atoms with Crippen LogP contribution in [0.15, 0.2) is 71.7 Å². The van der Waals surface area contributed by atoms with Gasteiger partial charge in [-0.3, -0.25) is 4.79 Å². The molecule has 0 spiro atoms. The number of hydrogen-bond acceptors (Lipinski definition) is 3. The Hall–Kier alpha value is -3.47. The number of anilines is 1. The lowest BCUT2D eigenvalue weighted by molar-refractivity contribution is 0.415. The summed E-state index contributed by atoms with van der Waals surface area (Å²) in [4.78, 5) is 18.6. The lowest BCUT2D eigenvalue weighted by Gasteiger charge is -2.10. The van der Waals surface area contributed by atoms with Gasteiger partial charge in [-0.1, -0.05) is 30.3 Å². The molecule has 0 saturated heterocycles. The van der Waals surface area contributed by atoms with E-state index in [0.717, 1.165) is 41.0 Å². The summed E-state index contributed by atoms with van der Waals surface area (Å²) in [6.07, 6.45) is 2.55. The number of benzene rings is 2. The summed E-state index contributed by atoms with van der Waals surface area (Å²) < 4.78 is 5.29. The van der Waals surface area contributed by atoms with Gasteiger partial charge in [0.1, 0.15) is 5.75 Å². The van der Waals surface area contributed by atoms with Crippen molar-refractivity contribution in [1.82, 2.24) is 9.97 Å². The second-order valence-corrected chi connectivity index (χ2v) is 6.39. The second kappa shape index (κ2) is 7.41. The molecule has 2 heterocycles. The smallest absolute Gasteiger partial charge is 0.259 e. The Morgan fingerprint density at radius 1 is 1.04 bits per heavy atom. The zero-order chi connectivity index (χ0) is 18.6. The number of nitrogens with one attached hydrogen (secondary N) is 3. The third-order valence-electron chi connectivity index (χ3n) is 4.63. The number of hydrogen-bond donors (Lipinski definition) is 3. The van der Waals surface area contributed by atoms with E-state index in [1.807, 2.05) is 48.5 Å². The number of fused-ring (bicyclic) bond motifs is 1. The number of aromatic amines is 2. The van der Waals surface area contributed by atoms with Crippen molar-refractivity contribution in [2.45, 2.75) is 6.42 Å². The molecule has 4 aromatic rings. The molecule has 0 aliphatic rings. The molecule has 2 aromatic carbocycles. The Kier molecular flexibility index (Phi) is 4.66. The van der Waals surface area contributed by atoms with E-state index in [1.54, 1.807) is 13.3 Å². The van der Waals surface area contributed by atoms with Crippen LogP contribution in [0.3, 0.4) is 0 Å². The lowest BCUT2D eigenvalue weighted by Crippen LogP contribution is -2.14. The number of ether oxygens (including phenoxy) is 1. The maximum Gasteiger partial charge on any atom is 0.259 e. The van der Waals surface area contributed by atoms with Gasteiger partial charge in [0.05, 0.1) is 24.1 Å². The predicted octanol–water partition coefficient (Wildman–Crippen LogP) is 4.19. The van der Waals surface area contributed by atoms with Crippen LogP contribution in [0.1, 0.15) is 5.56 Å². The summed E-state index contributed by atoms with van der Waals surface area (Å²) in [5.41, 5.74) is 4.30. The fraction of sp³-hybridized carbons (Fsp3) is 0.136. The first-order chi connectivity index (χ1) is 13.2. The molecule has 0 radical (unpaired) electrons. The Balaban J connectivity index is 1.63. The maximum atomic E-state index is 12.5. The average molecular weight is 359 g/mol. The fourth-order valence-corrected chi connectivity index (χ4v) is 3.25. The van der Waals surface area contributed by atoms with Crippen LogP contribution in [0.25, 0.3) is 22.2 Å². The predicted molar refractivity (Wildman–Crippen MR) is 110 cm³/mol. The molecule has 27 heavy (non-hydrogen) atoms. The number of methoxy groups -OCH3 is 1. The molecule has 3 N–H and O–H groups in total. The van der Waals surface area contributed by atoms with Crippen molar-refractivity contribution >= 4 is 16.6 Å². The molecule has 5 heteroatoms. The van der Waals surface area contributed by atoms with Crippen LogP contribution in [-0.4, -0.2) is 23.6 Å². The summed E-state index contributed by atoms with van der Waals surface area (Å²) in [6, 6.07) is 20.0. The molecular formula is C22H21N3O2. The van der Waals surface area contributed by atoms with Crippen molar-refractivity contribution in [3.8, 4) is 17.0 Å². The number of pyridine rings is 1. The SMILES string of the molecule is COc1ccc2[nH]c(-c3c(NCCc4ccccc4)cc[nH]c3=O)cc2c1. The molecule has 0 aliphatic carbocycles. The van der Waals surface area contributed by atoms with E-state index in [2.05, 4.69) is 27.4 Å². The van der Waals surface area contributed by atoms with Crippen molar-refractivity contribution in [3.63, 3.8) is 0 Å². The van der Waals surface area contributed by atoms with E-state index in [-0.39, 0.29) is 5.56 Å². The highest BCUT2D eigenvalue weighted by Gasteiger charge is 2.13. The van der Waals surface area contributed by atoms with Gasteiger partial charge < -0.3 is 20.0 Å². The summed E-state index contributed by atoms with van der Waals surface area (Å²) >= 11 is 0. The first-order valence-electron chi connectivity index (χ1n) is 8.91. The standard InChI is InChI=1S/C22H21N3O2/c1-27-17-7-8-18-16(13-17)14-20(25-18)21-19(10-12-24-22(21)26)23-11-9-15-5-3-2-4-6-15/h2-8,10,12-14,25H,9,11H2,1H3,(H2,23,24,26). The molecular weight excluding hydrogens is 338 g/mol. The second-order valence-electron chi connectivity index (χ2n) is 6.39. The van der Waals surface area contributed by atoms with E-state index in [0.29, 0.717) is 5.56 Å². The molecule has 2 aromatic heterocycles. The molecule has 0 atom stereocenters. The summed E-state index contributed by atoms with van der Waals surface area (Å²) in [5, 5.41) is 4.41. The first-order valence-corrected chi connectivity index (χ1v) is 8.91. The Morgan fingerprint density at radius 2 is 1.89 bits per heavy atom. The highest BCUT2D eigenvalue weighted by atomic mass is 16.5. The van der Waals surface area contributed by atoms with Crippen LogP contribution >= 0.6 is 0 Å². The van der Waals surface area contributed by atoms with Gasteiger partial charge in [0.25, 0.3) is 5.56 Å². The quantitative estimate of drug-likeness (QED) is 0.483. The Labute approximate surface area is 157 Å². The highest BCUT2D eigenvalue weighted by Crippen LogP contribution is 2.29. The normalized spacial score (nSPS) is 10.9. The van der Waals surface area contributed by atoms with Gasteiger partial charge in [-0.05, 0) is 42.3 Å². The third-order valence-corrected chi connectivity index (χ3v) is 4.63. The average Bonchev–Trinajstić information content (AvgIpc) is 3.11. The van der Waals surface area contributed by atoms with Crippen LogP contribution in [-0.2, 0) is 6.42 Å². The van der Waals surface area contributed by atoms with Crippen molar-refractivity contribution in [2.75, 3.05) is 19.0 Å². The minimum Gasteiger partial charge on any atom is -0.497 e. The van der Waals surface area contributed by atoms with Crippen molar-refractivity contribution in [3.05, 3.63) is 82.8 Å². The van der Waals surface area contributed by atoms with Gasteiger partial charge in [0.2, 0.25) is 0 Å². The van der Waals surface area contributed by atoms with Gasteiger partial charge in [-0.25, -0.2) is 0 Å². The minimum atomic E-state index is -0.127. The number of H-pyrrole nitrogens is 2. The molecule has 0 unspecified atom stereocenters. The van der Waals surface area contributed by atoms with E-state index in [1.165, 1.54) is 5.56 Å². The Morgan fingerprint density at radius 3 is 2.70 bits per heavy atom. The molecule has 4 rings (SSSR count). The van der Waals surface area contributed by atoms with Crippen molar-refractivity contribution in [1.29, 1.82) is 0 Å². The molecule has 0 aliphatic heterocycles. The van der Waals surface area contributed by atoms with Gasteiger partial charge >= 0.3 is 0 Å². The molecule has 0 fully saturated rings. The van der Waals surface area contributed by atoms with E-state index in [9.17, 15) is 4.79 Å². The van der Waals surface area contributed by atoms with Crippen LogP contribution in [0.4, 0.5) is 5.69 Å². The number of aromatic nitrogens is 2. The van der Waals surface area contributed by atoms with Crippen LogP contribution in [0, 0.1) is 0 Å². The van der Waals surface area contributed by atoms with Gasteiger partial charge in [0, 0.05) is 23.6 Å². The fourth-order valence-electron chi connectivity index (χ4n) is 3.25. The maximum absolute atomic E-state index is 12.5. The molecule has 0 saturated carbocycles. The Bertz CT molecular complexity index is 1110. The zero-order valence-corrected chi connectivity index (χ0v) is 15.1. The summed E-state index contributed by atoms with van der Waals surface area (Å²) in [6.45, 7) is 0.745. The van der Waals surface area contributed by atoms with Crippen molar-refractivity contribution in [2.24, 2.45) is 0 Å². The highest BCUT2D eigenvalue weighted by molar-refractivity contribution is 5.89. The topological polar surface area (TPSA) is 69.9 Å². The molecule has 0 bridgehead atoms. The van der Waals surface area contributed by atoms with Crippen molar-refractivity contribution < 1.29 is 4.74 Å². The van der Waals surface area contributed by atoms with Crippen LogP contribution in [0.2, 0.25) is 0 Å². The lowest BCUT2D eigenvalue weighted by atomic mass is 10.1.